The van der Waals surface area contributed by atoms with Crippen molar-refractivity contribution in [1.82, 2.24) is 0 Å². The van der Waals surface area contributed by atoms with E-state index in [1.165, 1.54) is 13.8 Å². The van der Waals surface area contributed by atoms with Gasteiger partial charge in [0.25, 0.3) is 5.78 Å². The van der Waals surface area contributed by atoms with E-state index >= 15 is 0 Å². The third-order valence-electron chi connectivity index (χ3n) is 2.89. The van der Waals surface area contributed by atoms with Crippen LogP contribution in [0.1, 0.15) is 39.5 Å². The number of carbonyl (C=O) groups excluding carboxylic acids is 4. The summed E-state index contributed by atoms with van der Waals surface area (Å²) < 4.78 is 0. The fourth-order valence-electron chi connectivity index (χ4n) is 2.22. The van der Waals surface area contributed by atoms with Gasteiger partial charge in [0.1, 0.15) is 5.78 Å². The summed E-state index contributed by atoms with van der Waals surface area (Å²) in [6, 6.07) is 0. The Balaban J connectivity index is 0.000000280. The highest BCUT2D eigenvalue weighted by Crippen LogP contribution is 2.36. The molecule has 2 aliphatic carbocycles. The van der Waals surface area contributed by atoms with Crippen molar-refractivity contribution in [2.45, 2.75) is 39.5 Å². The van der Waals surface area contributed by atoms with E-state index in [0.29, 0.717) is 0 Å². The first kappa shape index (κ1) is 12.7. The molecule has 0 N–H and O–H groups in total. The van der Waals surface area contributed by atoms with Crippen LogP contribution < -0.4 is 0 Å². The zero-order chi connectivity index (χ0) is 12.3. The first-order valence-electron chi connectivity index (χ1n) is 5.54. The third-order valence-corrected chi connectivity index (χ3v) is 2.89. The van der Waals surface area contributed by atoms with E-state index in [1.807, 2.05) is 0 Å². The van der Waals surface area contributed by atoms with Crippen LogP contribution in [0.3, 0.4) is 0 Å². The summed E-state index contributed by atoms with van der Waals surface area (Å²) in [5, 5.41) is 0. The molecular weight excluding hydrogens is 208 g/mol. The molecule has 0 spiro atoms. The van der Waals surface area contributed by atoms with Gasteiger partial charge in [-0.3, -0.25) is 14.4 Å². The lowest BCUT2D eigenvalue weighted by atomic mass is 9.81. The van der Waals surface area contributed by atoms with Crippen LogP contribution in [0.25, 0.3) is 0 Å². The average molecular weight is 224 g/mol. The second-order valence-corrected chi connectivity index (χ2v) is 4.46. The normalized spacial score (nSPS) is 28.2. The van der Waals surface area contributed by atoms with E-state index in [2.05, 4.69) is 0 Å². The molecule has 2 aliphatic rings. The largest absolute Gasteiger partial charge is 0.300 e. The Morgan fingerprint density at radius 1 is 0.938 bits per heavy atom. The Morgan fingerprint density at radius 3 is 1.56 bits per heavy atom. The minimum Gasteiger partial charge on any atom is -0.300 e. The summed E-state index contributed by atoms with van der Waals surface area (Å²) in [7, 11) is 0. The Labute approximate surface area is 94.4 Å². The molecule has 16 heavy (non-hydrogen) atoms. The molecule has 0 heterocycles. The van der Waals surface area contributed by atoms with Crippen molar-refractivity contribution in [1.29, 1.82) is 0 Å². The molecule has 2 atom stereocenters. The van der Waals surface area contributed by atoms with Gasteiger partial charge in [-0.25, -0.2) is 0 Å². The van der Waals surface area contributed by atoms with Crippen molar-refractivity contribution in [2.75, 3.05) is 0 Å². The summed E-state index contributed by atoms with van der Waals surface area (Å²) in [6.45, 7) is 3.06. The Hall–Kier alpha value is -1.32. The maximum absolute atomic E-state index is 11.2. The van der Waals surface area contributed by atoms with Gasteiger partial charge in [-0.2, -0.15) is 0 Å². The first-order chi connectivity index (χ1) is 7.45. The van der Waals surface area contributed by atoms with Gasteiger partial charge < -0.3 is 4.79 Å². The Kier molecular flexibility index (Phi) is 4.10. The fraction of sp³-hybridized carbons (Fsp3) is 0.667. The molecule has 0 aromatic heterocycles. The predicted molar refractivity (Wildman–Crippen MR) is 56.8 cm³/mol. The first-order valence-corrected chi connectivity index (χ1v) is 5.54. The van der Waals surface area contributed by atoms with E-state index in [1.54, 1.807) is 0 Å². The molecule has 0 amide bonds. The van der Waals surface area contributed by atoms with E-state index in [4.69, 9.17) is 0 Å². The molecule has 0 aliphatic heterocycles. The SMILES string of the molecule is CC(C)=O.O=C1C(=O)C2CCCCC2C1=O. The van der Waals surface area contributed by atoms with Crippen LogP contribution in [0.4, 0.5) is 0 Å². The van der Waals surface area contributed by atoms with Crippen molar-refractivity contribution in [3.05, 3.63) is 0 Å². The average Bonchev–Trinajstić information content (AvgIpc) is 2.44. The second kappa shape index (κ2) is 5.14. The van der Waals surface area contributed by atoms with Gasteiger partial charge in [-0.15, -0.1) is 0 Å². The number of hydrogen-bond donors (Lipinski definition) is 0. The van der Waals surface area contributed by atoms with Crippen molar-refractivity contribution in [3.8, 4) is 0 Å². The number of Topliss-reactive ketones (excluding diaryl/α,β-unsaturated/α-hetero) is 4. The molecule has 2 rings (SSSR count). The van der Waals surface area contributed by atoms with Crippen molar-refractivity contribution < 1.29 is 19.2 Å². The zero-order valence-electron chi connectivity index (χ0n) is 9.62. The lowest BCUT2D eigenvalue weighted by molar-refractivity contribution is -0.141. The quantitative estimate of drug-likeness (QED) is 0.578. The molecule has 0 aromatic rings. The standard InChI is InChI=1S/C9H10O3.C3H6O/c10-7-5-3-1-2-4-6(5)8(11)9(7)12;1-3(2)4/h5-6H,1-4H2;1-2H3. The lowest BCUT2D eigenvalue weighted by Crippen LogP contribution is -2.21. The molecular formula is C12H16O4. The van der Waals surface area contributed by atoms with Crippen molar-refractivity contribution in [3.63, 3.8) is 0 Å². The number of hydrogen-bond acceptors (Lipinski definition) is 4. The molecule has 4 heteroatoms. The second-order valence-electron chi connectivity index (χ2n) is 4.46. The van der Waals surface area contributed by atoms with Crippen LogP contribution in [0.2, 0.25) is 0 Å². The van der Waals surface area contributed by atoms with Gasteiger partial charge in [0.15, 0.2) is 0 Å². The van der Waals surface area contributed by atoms with Crippen LogP contribution in [0.15, 0.2) is 0 Å². The molecule has 0 radical (unpaired) electrons. The Morgan fingerprint density at radius 2 is 1.25 bits per heavy atom. The topological polar surface area (TPSA) is 68.3 Å². The van der Waals surface area contributed by atoms with Crippen molar-refractivity contribution in [2.24, 2.45) is 11.8 Å². The molecule has 2 saturated carbocycles. The van der Waals surface area contributed by atoms with Crippen molar-refractivity contribution >= 4 is 23.1 Å². The van der Waals surface area contributed by atoms with Gasteiger partial charge in [0, 0.05) is 11.8 Å². The van der Waals surface area contributed by atoms with Gasteiger partial charge in [-0.1, -0.05) is 12.8 Å². The number of fused-ring (bicyclic) bond motifs is 1. The van der Waals surface area contributed by atoms with E-state index in [0.717, 1.165) is 25.7 Å². The molecule has 0 bridgehead atoms. The molecule has 2 fully saturated rings. The highest BCUT2D eigenvalue weighted by molar-refractivity contribution is 6.68. The maximum atomic E-state index is 11.2. The molecule has 2 unspecified atom stereocenters. The molecule has 0 saturated heterocycles. The summed E-state index contributed by atoms with van der Waals surface area (Å²) in [5.74, 6) is -1.93. The van der Waals surface area contributed by atoms with Crippen LogP contribution in [-0.4, -0.2) is 23.1 Å². The monoisotopic (exact) mass is 224 g/mol. The van der Waals surface area contributed by atoms with Gasteiger partial charge in [0.05, 0.1) is 0 Å². The minimum atomic E-state index is -0.744. The van der Waals surface area contributed by atoms with Crippen LogP contribution in [0.5, 0.6) is 0 Å². The molecule has 0 aromatic carbocycles. The van der Waals surface area contributed by atoms with Crippen LogP contribution >= 0.6 is 0 Å². The summed E-state index contributed by atoms with van der Waals surface area (Å²) in [6.07, 6.45) is 3.43. The predicted octanol–water partition coefficient (Wildman–Crippen LogP) is 1.11. The van der Waals surface area contributed by atoms with E-state index < -0.39 is 17.3 Å². The number of carbonyl (C=O) groups is 4. The summed E-state index contributed by atoms with van der Waals surface area (Å²) >= 11 is 0. The lowest BCUT2D eigenvalue weighted by Gasteiger charge is -2.20. The molecule has 88 valence electrons. The minimum absolute atomic E-state index is 0.167. The van der Waals surface area contributed by atoms with Gasteiger partial charge >= 0.3 is 0 Å². The smallest absolute Gasteiger partial charge is 0.264 e. The van der Waals surface area contributed by atoms with Gasteiger partial charge in [-0.05, 0) is 26.7 Å². The highest BCUT2D eigenvalue weighted by Gasteiger charge is 2.48. The fourth-order valence-corrected chi connectivity index (χ4v) is 2.22. The van der Waals surface area contributed by atoms with Gasteiger partial charge in [0.2, 0.25) is 11.6 Å². The molecule has 4 nitrogen and oxygen atoms in total. The van der Waals surface area contributed by atoms with E-state index in [9.17, 15) is 19.2 Å². The number of rotatable bonds is 0. The zero-order valence-corrected chi connectivity index (χ0v) is 9.62. The highest BCUT2D eigenvalue weighted by atomic mass is 16.2. The van der Waals surface area contributed by atoms with Crippen LogP contribution in [-0.2, 0) is 19.2 Å². The third kappa shape index (κ3) is 2.62. The summed E-state index contributed by atoms with van der Waals surface area (Å²) in [5.41, 5.74) is 0. The maximum Gasteiger partial charge on any atom is 0.264 e. The van der Waals surface area contributed by atoms with Crippen LogP contribution in [0, 0.1) is 11.8 Å². The number of ketones is 4. The van der Waals surface area contributed by atoms with E-state index in [-0.39, 0.29) is 17.6 Å². The summed E-state index contributed by atoms with van der Waals surface area (Å²) in [4.78, 5) is 42.8. The Bertz CT molecular complexity index is 313.